The number of hydrogen-bond acceptors (Lipinski definition) is 4. The van der Waals surface area contributed by atoms with Crippen molar-refractivity contribution in [2.24, 2.45) is 0 Å². The van der Waals surface area contributed by atoms with Crippen molar-refractivity contribution >= 4 is 17.2 Å². The van der Waals surface area contributed by atoms with E-state index in [0.29, 0.717) is 19.6 Å². The number of carbonyl (C=O) groups is 1. The number of amides is 1. The SMILES string of the molecule is COc1ccc(CCC(=O)NC2(c3cccs3)CCOCC2)cc1. The summed E-state index contributed by atoms with van der Waals surface area (Å²) in [5.74, 6) is 0.933. The number of thiophene rings is 1. The number of hydrogen-bond donors (Lipinski definition) is 1. The summed E-state index contributed by atoms with van der Waals surface area (Å²) in [5.41, 5.74) is 0.881. The number of ether oxygens (including phenoxy) is 2. The van der Waals surface area contributed by atoms with Crippen molar-refractivity contribution in [2.45, 2.75) is 31.2 Å². The molecule has 2 heterocycles. The van der Waals surface area contributed by atoms with Gasteiger partial charge in [-0.25, -0.2) is 0 Å². The average Bonchev–Trinajstić information content (AvgIpc) is 3.17. The summed E-state index contributed by atoms with van der Waals surface area (Å²) in [5, 5.41) is 5.36. The van der Waals surface area contributed by atoms with Crippen molar-refractivity contribution in [3.8, 4) is 5.75 Å². The first-order valence-corrected chi connectivity index (χ1v) is 9.15. The molecule has 0 spiro atoms. The fourth-order valence-corrected chi connectivity index (χ4v) is 4.02. The summed E-state index contributed by atoms with van der Waals surface area (Å²) in [7, 11) is 1.65. The Labute approximate surface area is 146 Å². The zero-order valence-corrected chi connectivity index (χ0v) is 14.7. The molecule has 1 aromatic heterocycles. The van der Waals surface area contributed by atoms with Crippen molar-refractivity contribution in [3.05, 3.63) is 52.2 Å². The Morgan fingerprint density at radius 2 is 2.00 bits per heavy atom. The van der Waals surface area contributed by atoms with Crippen molar-refractivity contribution in [3.63, 3.8) is 0 Å². The predicted molar refractivity (Wildman–Crippen MR) is 95.5 cm³/mol. The molecule has 1 aromatic carbocycles. The van der Waals surface area contributed by atoms with Crippen LogP contribution < -0.4 is 10.1 Å². The molecule has 0 aliphatic carbocycles. The second-order valence-corrected chi connectivity index (χ2v) is 7.02. The molecule has 0 radical (unpaired) electrons. The summed E-state index contributed by atoms with van der Waals surface area (Å²) >= 11 is 1.70. The Morgan fingerprint density at radius 1 is 1.25 bits per heavy atom. The minimum Gasteiger partial charge on any atom is -0.497 e. The molecule has 0 saturated carbocycles. The van der Waals surface area contributed by atoms with Crippen LogP contribution in [0.15, 0.2) is 41.8 Å². The van der Waals surface area contributed by atoms with Crippen LogP contribution in [0.3, 0.4) is 0 Å². The van der Waals surface area contributed by atoms with E-state index in [0.717, 1.165) is 30.6 Å². The number of nitrogens with one attached hydrogen (secondary N) is 1. The smallest absolute Gasteiger partial charge is 0.221 e. The van der Waals surface area contributed by atoms with E-state index in [2.05, 4.69) is 16.8 Å². The van der Waals surface area contributed by atoms with Gasteiger partial charge >= 0.3 is 0 Å². The van der Waals surface area contributed by atoms with Crippen LogP contribution in [0.5, 0.6) is 5.75 Å². The van der Waals surface area contributed by atoms with Gasteiger partial charge in [0.2, 0.25) is 5.91 Å². The molecule has 1 fully saturated rings. The third kappa shape index (κ3) is 3.97. The zero-order chi connectivity index (χ0) is 16.8. The largest absolute Gasteiger partial charge is 0.497 e. The van der Waals surface area contributed by atoms with Crippen LogP contribution in [0, 0.1) is 0 Å². The summed E-state index contributed by atoms with van der Waals surface area (Å²) in [6.45, 7) is 1.38. The molecule has 5 heteroatoms. The van der Waals surface area contributed by atoms with Crippen LogP contribution in [-0.2, 0) is 21.5 Å². The first-order valence-electron chi connectivity index (χ1n) is 8.27. The molecule has 1 aliphatic rings. The lowest BCUT2D eigenvalue weighted by Gasteiger charge is -2.37. The molecule has 0 bridgehead atoms. The second kappa shape index (κ2) is 7.81. The average molecular weight is 345 g/mol. The van der Waals surface area contributed by atoms with Gasteiger partial charge in [0.25, 0.3) is 0 Å². The third-order valence-corrected chi connectivity index (χ3v) is 5.59. The molecule has 1 saturated heterocycles. The van der Waals surface area contributed by atoms with Crippen LogP contribution in [0.4, 0.5) is 0 Å². The molecule has 0 atom stereocenters. The van der Waals surface area contributed by atoms with E-state index in [-0.39, 0.29) is 11.4 Å². The maximum absolute atomic E-state index is 12.5. The van der Waals surface area contributed by atoms with E-state index in [1.807, 2.05) is 30.3 Å². The zero-order valence-electron chi connectivity index (χ0n) is 13.9. The lowest BCUT2D eigenvalue weighted by atomic mass is 9.88. The van der Waals surface area contributed by atoms with Crippen LogP contribution in [0.2, 0.25) is 0 Å². The summed E-state index contributed by atoms with van der Waals surface area (Å²) in [6.07, 6.45) is 2.89. The molecule has 24 heavy (non-hydrogen) atoms. The lowest BCUT2D eigenvalue weighted by molar-refractivity contribution is -0.124. The lowest BCUT2D eigenvalue weighted by Crippen LogP contribution is -2.49. The van der Waals surface area contributed by atoms with Gasteiger partial charge in [0.15, 0.2) is 0 Å². The highest BCUT2D eigenvalue weighted by Gasteiger charge is 2.36. The fourth-order valence-electron chi connectivity index (χ4n) is 3.08. The Morgan fingerprint density at radius 3 is 2.62 bits per heavy atom. The topological polar surface area (TPSA) is 47.6 Å². The minimum atomic E-state index is -0.261. The van der Waals surface area contributed by atoms with Gasteiger partial charge < -0.3 is 14.8 Å². The Bertz CT molecular complexity index is 646. The molecular formula is C19H23NO3S. The van der Waals surface area contributed by atoms with Crippen LogP contribution in [0.25, 0.3) is 0 Å². The number of carbonyl (C=O) groups excluding carboxylic acids is 1. The van der Waals surface area contributed by atoms with Gasteiger partial charge in [0, 0.05) is 24.5 Å². The maximum atomic E-state index is 12.5. The molecule has 4 nitrogen and oxygen atoms in total. The minimum absolute atomic E-state index is 0.0983. The molecule has 128 valence electrons. The number of rotatable bonds is 6. The molecule has 1 amide bonds. The highest BCUT2D eigenvalue weighted by Crippen LogP contribution is 2.35. The first-order chi connectivity index (χ1) is 11.7. The summed E-state index contributed by atoms with van der Waals surface area (Å²) < 4.78 is 10.7. The van der Waals surface area contributed by atoms with Crippen molar-refractivity contribution in [1.82, 2.24) is 5.32 Å². The predicted octanol–water partition coefficient (Wildman–Crippen LogP) is 3.51. The summed E-state index contributed by atoms with van der Waals surface area (Å²) in [4.78, 5) is 13.8. The molecule has 0 unspecified atom stereocenters. The molecular weight excluding hydrogens is 322 g/mol. The molecule has 2 aromatic rings. The quantitative estimate of drug-likeness (QED) is 0.871. The van der Waals surface area contributed by atoms with Gasteiger partial charge in [0.1, 0.15) is 5.75 Å². The van der Waals surface area contributed by atoms with E-state index in [1.165, 1.54) is 4.88 Å². The monoisotopic (exact) mass is 345 g/mol. The normalized spacial score (nSPS) is 16.5. The van der Waals surface area contributed by atoms with Gasteiger partial charge in [-0.3, -0.25) is 4.79 Å². The van der Waals surface area contributed by atoms with Gasteiger partial charge in [-0.1, -0.05) is 18.2 Å². The highest BCUT2D eigenvalue weighted by molar-refractivity contribution is 7.10. The standard InChI is InChI=1S/C19H23NO3S/c1-22-16-7-4-15(5-8-16)6-9-18(21)20-19(10-12-23-13-11-19)17-3-2-14-24-17/h2-5,7-8,14H,6,9-13H2,1H3,(H,20,21). The van der Waals surface area contributed by atoms with E-state index in [4.69, 9.17) is 9.47 Å². The molecule has 1 N–H and O–H groups in total. The van der Waals surface area contributed by atoms with Gasteiger partial charge in [0.05, 0.1) is 12.6 Å². The van der Waals surface area contributed by atoms with Crippen LogP contribution in [-0.4, -0.2) is 26.2 Å². The Balaban J connectivity index is 1.61. The van der Waals surface area contributed by atoms with Crippen molar-refractivity contribution in [1.29, 1.82) is 0 Å². The number of methoxy groups -OCH3 is 1. The van der Waals surface area contributed by atoms with E-state index < -0.39 is 0 Å². The van der Waals surface area contributed by atoms with Crippen LogP contribution in [0.1, 0.15) is 29.7 Å². The van der Waals surface area contributed by atoms with E-state index >= 15 is 0 Å². The van der Waals surface area contributed by atoms with E-state index in [1.54, 1.807) is 18.4 Å². The van der Waals surface area contributed by atoms with Crippen LogP contribution >= 0.6 is 11.3 Å². The van der Waals surface area contributed by atoms with Gasteiger partial charge in [-0.2, -0.15) is 0 Å². The number of benzene rings is 1. The Hall–Kier alpha value is -1.85. The molecule has 3 rings (SSSR count). The second-order valence-electron chi connectivity index (χ2n) is 6.07. The third-order valence-electron chi connectivity index (χ3n) is 4.52. The summed E-state index contributed by atoms with van der Waals surface area (Å²) in [6, 6.07) is 12.0. The highest BCUT2D eigenvalue weighted by atomic mass is 32.1. The van der Waals surface area contributed by atoms with E-state index in [9.17, 15) is 4.79 Å². The molecule has 1 aliphatic heterocycles. The van der Waals surface area contributed by atoms with Gasteiger partial charge in [-0.15, -0.1) is 11.3 Å². The van der Waals surface area contributed by atoms with Crippen molar-refractivity contribution in [2.75, 3.05) is 20.3 Å². The van der Waals surface area contributed by atoms with Crippen molar-refractivity contribution < 1.29 is 14.3 Å². The Kier molecular flexibility index (Phi) is 5.53. The maximum Gasteiger partial charge on any atom is 0.221 e. The number of aryl methyl sites for hydroxylation is 1. The fraction of sp³-hybridized carbons (Fsp3) is 0.421. The first kappa shape index (κ1) is 17.0. The van der Waals surface area contributed by atoms with Gasteiger partial charge in [-0.05, 0) is 48.4 Å².